The zero-order valence-corrected chi connectivity index (χ0v) is 10.6. The van der Waals surface area contributed by atoms with Gasteiger partial charge in [0.1, 0.15) is 0 Å². The van der Waals surface area contributed by atoms with E-state index in [0.29, 0.717) is 12.3 Å². The molecule has 0 aliphatic carbocycles. The summed E-state index contributed by atoms with van der Waals surface area (Å²) in [7, 11) is 1.82. The van der Waals surface area contributed by atoms with Gasteiger partial charge in [-0.15, -0.1) is 11.6 Å². The molecule has 0 saturated carbocycles. The van der Waals surface area contributed by atoms with Crippen molar-refractivity contribution in [1.29, 1.82) is 0 Å². The summed E-state index contributed by atoms with van der Waals surface area (Å²) in [5.41, 5.74) is 2.52. The van der Waals surface area contributed by atoms with Gasteiger partial charge >= 0.3 is 0 Å². The SMILES string of the molecule is Cc1ccc(CCN(C)C(=O)CCCl)cc1. The van der Waals surface area contributed by atoms with Crippen LogP contribution >= 0.6 is 11.6 Å². The largest absolute Gasteiger partial charge is 0.345 e. The highest BCUT2D eigenvalue weighted by Gasteiger charge is 2.07. The summed E-state index contributed by atoms with van der Waals surface area (Å²) in [6.45, 7) is 2.82. The van der Waals surface area contributed by atoms with Crippen LogP contribution in [0.2, 0.25) is 0 Å². The van der Waals surface area contributed by atoms with E-state index in [4.69, 9.17) is 11.6 Å². The van der Waals surface area contributed by atoms with Crippen LogP contribution in [0.25, 0.3) is 0 Å². The van der Waals surface area contributed by atoms with E-state index in [1.165, 1.54) is 11.1 Å². The molecule has 0 fully saturated rings. The second-order valence-corrected chi connectivity index (χ2v) is 4.37. The number of halogens is 1. The van der Waals surface area contributed by atoms with Gasteiger partial charge in [0.05, 0.1) is 0 Å². The van der Waals surface area contributed by atoms with Crippen LogP contribution in [0.4, 0.5) is 0 Å². The molecule has 0 bridgehead atoms. The van der Waals surface area contributed by atoms with Gasteiger partial charge in [-0.05, 0) is 18.9 Å². The Labute approximate surface area is 102 Å². The van der Waals surface area contributed by atoms with Gasteiger partial charge in [0, 0.05) is 25.9 Å². The first-order valence-corrected chi connectivity index (χ1v) is 6.02. The molecule has 0 atom stereocenters. The van der Waals surface area contributed by atoms with Crippen molar-refractivity contribution in [1.82, 2.24) is 4.90 Å². The number of carbonyl (C=O) groups excluding carboxylic acids is 1. The van der Waals surface area contributed by atoms with Crippen molar-refractivity contribution >= 4 is 17.5 Å². The van der Waals surface area contributed by atoms with Crippen LogP contribution in [-0.4, -0.2) is 30.3 Å². The highest BCUT2D eigenvalue weighted by molar-refractivity contribution is 6.18. The number of likely N-dealkylation sites (N-methyl/N-ethyl adjacent to an activating group) is 1. The highest BCUT2D eigenvalue weighted by Crippen LogP contribution is 2.05. The van der Waals surface area contributed by atoms with Gasteiger partial charge in [-0.25, -0.2) is 0 Å². The van der Waals surface area contributed by atoms with E-state index in [0.717, 1.165) is 13.0 Å². The molecular formula is C13H18ClNO. The molecule has 2 nitrogen and oxygen atoms in total. The Bertz CT molecular complexity index is 334. The monoisotopic (exact) mass is 239 g/mol. The number of benzene rings is 1. The normalized spacial score (nSPS) is 10.2. The zero-order chi connectivity index (χ0) is 12.0. The molecular weight excluding hydrogens is 222 g/mol. The standard InChI is InChI=1S/C13H18ClNO/c1-11-3-5-12(6-4-11)8-10-15(2)13(16)7-9-14/h3-6H,7-10H2,1-2H3. The number of nitrogens with zero attached hydrogens (tertiary/aromatic N) is 1. The maximum atomic E-state index is 11.5. The van der Waals surface area contributed by atoms with Crippen LogP contribution in [0.15, 0.2) is 24.3 Å². The maximum absolute atomic E-state index is 11.5. The lowest BCUT2D eigenvalue weighted by Gasteiger charge is -2.16. The third kappa shape index (κ3) is 4.23. The topological polar surface area (TPSA) is 20.3 Å². The molecule has 0 spiro atoms. The average Bonchev–Trinajstić information content (AvgIpc) is 2.28. The van der Waals surface area contributed by atoms with Crippen LogP contribution < -0.4 is 0 Å². The number of amides is 1. The Morgan fingerprint density at radius 1 is 1.31 bits per heavy atom. The second-order valence-electron chi connectivity index (χ2n) is 3.99. The number of carbonyl (C=O) groups is 1. The maximum Gasteiger partial charge on any atom is 0.223 e. The van der Waals surface area contributed by atoms with Gasteiger partial charge in [0.2, 0.25) is 5.91 Å². The molecule has 0 aromatic heterocycles. The highest BCUT2D eigenvalue weighted by atomic mass is 35.5. The van der Waals surface area contributed by atoms with Crippen LogP contribution in [0, 0.1) is 6.92 Å². The number of alkyl halides is 1. The Hall–Kier alpha value is -1.02. The molecule has 16 heavy (non-hydrogen) atoms. The van der Waals surface area contributed by atoms with Gasteiger partial charge in [-0.2, -0.15) is 0 Å². The van der Waals surface area contributed by atoms with E-state index in [2.05, 4.69) is 31.2 Å². The fraction of sp³-hybridized carbons (Fsp3) is 0.462. The molecule has 0 radical (unpaired) electrons. The van der Waals surface area contributed by atoms with Crippen molar-refractivity contribution in [2.24, 2.45) is 0 Å². The summed E-state index contributed by atoms with van der Waals surface area (Å²) < 4.78 is 0. The van der Waals surface area contributed by atoms with Crippen molar-refractivity contribution in [3.63, 3.8) is 0 Å². The predicted octanol–water partition coefficient (Wildman–Crippen LogP) is 2.62. The van der Waals surface area contributed by atoms with Crippen LogP contribution in [0.3, 0.4) is 0 Å². The number of rotatable bonds is 5. The molecule has 1 amide bonds. The molecule has 0 N–H and O–H groups in total. The first-order valence-electron chi connectivity index (χ1n) is 5.49. The van der Waals surface area contributed by atoms with Gasteiger partial charge < -0.3 is 4.90 Å². The lowest BCUT2D eigenvalue weighted by molar-refractivity contribution is -0.129. The molecule has 1 rings (SSSR count). The fourth-order valence-corrected chi connectivity index (χ4v) is 1.61. The van der Waals surface area contributed by atoms with Crippen LogP contribution in [0.5, 0.6) is 0 Å². The van der Waals surface area contributed by atoms with Gasteiger partial charge in [-0.1, -0.05) is 29.8 Å². The minimum Gasteiger partial charge on any atom is -0.345 e. The molecule has 3 heteroatoms. The van der Waals surface area contributed by atoms with E-state index in [9.17, 15) is 4.79 Å². The van der Waals surface area contributed by atoms with Crippen molar-refractivity contribution < 1.29 is 4.79 Å². The van der Waals surface area contributed by atoms with Gasteiger partial charge in [0.25, 0.3) is 0 Å². The van der Waals surface area contributed by atoms with Crippen molar-refractivity contribution in [3.8, 4) is 0 Å². The molecule has 1 aromatic carbocycles. The fourth-order valence-electron chi connectivity index (χ4n) is 1.45. The minimum absolute atomic E-state index is 0.113. The first-order chi connectivity index (χ1) is 7.63. The Kier molecular flexibility index (Phi) is 5.33. The van der Waals surface area contributed by atoms with E-state index < -0.39 is 0 Å². The third-order valence-corrected chi connectivity index (χ3v) is 2.78. The lowest BCUT2D eigenvalue weighted by Crippen LogP contribution is -2.28. The molecule has 1 aromatic rings. The summed E-state index contributed by atoms with van der Waals surface area (Å²) in [6.07, 6.45) is 1.32. The van der Waals surface area contributed by atoms with E-state index in [1.54, 1.807) is 4.90 Å². The summed E-state index contributed by atoms with van der Waals surface area (Å²) >= 11 is 5.53. The summed E-state index contributed by atoms with van der Waals surface area (Å²) in [4.78, 5) is 13.2. The molecule has 0 saturated heterocycles. The molecule has 0 unspecified atom stereocenters. The smallest absolute Gasteiger partial charge is 0.223 e. The van der Waals surface area contributed by atoms with E-state index in [1.807, 2.05) is 7.05 Å². The lowest BCUT2D eigenvalue weighted by atomic mass is 10.1. The van der Waals surface area contributed by atoms with Crippen LogP contribution in [-0.2, 0) is 11.2 Å². The Morgan fingerprint density at radius 3 is 2.50 bits per heavy atom. The number of hydrogen-bond acceptors (Lipinski definition) is 1. The second kappa shape index (κ2) is 6.54. The summed E-state index contributed by atoms with van der Waals surface area (Å²) in [5, 5.41) is 0. The first kappa shape index (κ1) is 13.0. The predicted molar refractivity (Wildman–Crippen MR) is 67.9 cm³/mol. The minimum atomic E-state index is 0.113. The van der Waals surface area contributed by atoms with Gasteiger partial charge in [-0.3, -0.25) is 4.79 Å². The Balaban J connectivity index is 2.39. The molecule has 0 aliphatic rings. The summed E-state index contributed by atoms with van der Waals surface area (Å²) in [6, 6.07) is 8.40. The molecule has 88 valence electrons. The zero-order valence-electron chi connectivity index (χ0n) is 9.87. The Morgan fingerprint density at radius 2 is 1.94 bits per heavy atom. The van der Waals surface area contributed by atoms with E-state index in [-0.39, 0.29) is 5.91 Å². The number of hydrogen-bond donors (Lipinski definition) is 0. The summed E-state index contributed by atoms with van der Waals surface area (Å²) in [5.74, 6) is 0.510. The van der Waals surface area contributed by atoms with Crippen LogP contribution in [0.1, 0.15) is 17.5 Å². The third-order valence-electron chi connectivity index (χ3n) is 2.59. The molecule has 0 heterocycles. The van der Waals surface area contributed by atoms with Crippen molar-refractivity contribution in [2.45, 2.75) is 19.8 Å². The quantitative estimate of drug-likeness (QED) is 0.724. The average molecular weight is 240 g/mol. The number of aryl methyl sites for hydroxylation is 1. The van der Waals surface area contributed by atoms with Crippen molar-refractivity contribution in [3.05, 3.63) is 35.4 Å². The van der Waals surface area contributed by atoms with Crippen molar-refractivity contribution in [2.75, 3.05) is 19.5 Å². The molecule has 0 aliphatic heterocycles. The van der Waals surface area contributed by atoms with E-state index >= 15 is 0 Å². The van der Waals surface area contributed by atoms with Gasteiger partial charge in [0.15, 0.2) is 0 Å².